The standard InChI is InChI=1S/C27H25ClN4O2/c1-18-27(34)32(16-19-2-4-20(5-3-19)22-7-9-26(33)30-14-22)11-10-31(18)17-25-13-21-6-8-24(28)12-23(21)15-29-25/h2-9,12-15,18H,10-11,16-17H2,1H3,(H,30,33)/t18-/m0/s1. The van der Waals surface area contributed by atoms with Crippen LogP contribution in [0.15, 0.2) is 77.9 Å². The minimum atomic E-state index is -0.211. The number of hydrogen-bond donors (Lipinski definition) is 1. The number of benzene rings is 2. The van der Waals surface area contributed by atoms with Crippen molar-refractivity contribution < 1.29 is 4.79 Å². The SMILES string of the molecule is C[C@H]1C(=O)N(Cc2ccc(-c3ccc(=O)[nH]c3)cc2)CCN1Cc1cc2ccc(Cl)cc2cn1. The summed E-state index contributed by atoms with van der Waals surface area (Å²) in [6, 6.07) is 19.1. The molecule has 2 aromatic heterocycles. The second-order valence-corrected chi connectivity index (χ2v) is 9.15. The van der Waals surface area contributed by atoms with E-state index in [1.807, 2.05) is 60.5 Å². The first-order chi connectivity index (χ1) is 16.5. The minimum Gasteiger partial charge on any atom is -0.336 e. The quantitative estimate of drug-likeness (QED) is 0.465. The van der Waals surface area contributed by atoms with E-state index in [0.29, 0.717) is 24.7 Å². The molecule has 3 heterocycles. The Balaban J connectivity index is 1.23. The number of piperazine rings is 1. The lowest BCUT2D eigenvalue weighted by molar-refractivity contribution is -0.142. The summed E-state index contributed by atoms with van der Waals surface area (Å²) < 4.78 is 0. The predicted octanol–water partition coefficient (Wildman–Crippen LogP) is 4.48. The summed E-state index contributed by atoms with van der Waals surface area (Å²) in [5, 5.41) is 2.80. The van der Waals surface area contributed by atoms with E-state index in [0.717, 1.165) is 39.7 Å². The van der Waals surface area contributed by atoms with E-state index in [4.69, 9.17) is 11.6 Å². The van der Waals surface area contributed by atoms with Crippen LogP contribution < -0.4 is 5.56 Å². The molecule has 0 aliphatic carbocycles. The van der Waals surface area contributed by atoms with Crippen LogP contribution in [0.2, 0.25) is 5.02 Å². The highest BCUT2D eigenvalue weighted by Gasteiger charge is 2.31. The van der Waals surface area contributed by atoms with Gasteiger partial charge in [-0.05, 0) is 53.3 Å². The van der Waals surface area contributed by atoms with E-state index >= 15 is 0 Å². The van der Waals surface area contributed by atoms with Crippen LogP contribution in [-0.2, 0) is 17.9 Å². The zero-order chi connectivity index (χ0) is 23.7. The van der Waals surface area contributed by atoms with Gasteiger partial charge in [-0.25, -0.2) is 0 Å². The van der Waals surface area contributed by atoms with Crippen molar-refractivity contribution in [3.05, 3.63) is 99.7 Å². The van der Waals surface area contributed by atoms with Gasteiger partial charge in [-0.3, -0.25) is 19.5 Å². The van der Waals surface area contributed by atoms with Crippen LogP contribution in [0.3, 0.4) is 0 Å². The van der Waals surface area contributed by atoms with E-state index in [-0.39, 0.29) is 17.5 Å². The number of nitrogens with zero attached hydrogens (tertiary/aromatic N) is 3. The lowest BCUT2D eigenvalue weighted by Crippen LogP contribution is -2.54. The molecule has 1 fully saturated rings. The van der Waals surface area contributed by atoms with Gasteiger partial charge in [0.2, 0.25) is 11.5 Å². The van der Waals surface area contributed by atoms with Crippen LogP contribution in [0.25, 0.3) is 21.9 Å². The Morgan fingerprint density at radius 3 is 2.50 bits per heavy atom. The highest BCUT2D eigenvalue weighted by Crippen LogP contribution is 2.23. The molecule has 4 aromatic rings. The first-order valence-corrected chi connectivity index (χ1v) is 11.7. The Labute approximate surface area is 202 Å². The zero-order valence-corrected chi connectivity index (χ0v) is 19.6. The minimum absolute atomic E-state index is 0.117. The van der Waals surface area contributed by atoms with Crippen LogP contribution in [-0.4, -0.2) is 44.8 Å². The molecule has 1 amide bonds. The molecular formula is C27H25ClN4O2. The van der Waals surface area contributed by atoms with Crippen molar-refractivity contribution in [3.63, 3.8) is 0 Å². The van der Waals surface area contributed by atoms with E-state index in [1.165, 1.54) is 6.07 Å². The smallest absolute Gasteiger partial charge is 0.247 e. The fraction of sp³-hybridized carbons (Fsp3) is 0.222. The number of carbonyl (C=O) groups is 1. The van der Waals surface area contributed by atoms with Gasteiger partial charge >= 0.3 is 0 Å². The Morgan fingerprint density at radius 2 is 1.74 bits per heavy atom. The molecule has 34 heavy (non-hydrogen) atoms. The summed E-state index contributed by atoms with van der Waals surface area (Å²) in [6.07, 6.45) is 3.55. The number of aromatic amines is 1. The molecule has 2 aromatic carbocycles. The van der Waals surface area contributed by atoms with Gasteiger partial charge in [-0.1, -0.05) is 41.9 Å². The molecule has 5 rings (SSSR count). The molecule has 172 valence electrons. The molecule has 0 radical (unpaired) electrons. The molecule has 1 N–H and O–H groups in total. The molecule has 6 nitrogen and oxygen atoms in total. The molecule has 0 unspecified atom stereocenters. The number of halogens is 1. The number of amides is 1. The number of aromatic nitrogens is 2. The van der Waals surface area contributed by atoms with Gasteiger partial charge in [0.05, 0.1) is 11.7 Å². The Morgan fingerprint density at radius 1 is 0.941 bits per heavy atom. The molecule has 1 atom stereocenters. The summed E-state index contributed by atoms with van der Waals surface area (Å²) in [5.74, 6) is 0.128. The van der Waals surface area contributed by atoms with Gasteiger partial charge in [-0.2, -0.15) is 0 Å². The van der Waals surface area contributed by atoms with Crippen molar-refractivity contribution in [2.75, 3.05) is 13.1 Å². The summed E-state index contributed by atoms with van der Waals surface area (Å²) in [6.45, 7) is 4.65. The van der Waals surface area contributed by atoms with Crippen molar-refractivity contribution in [3.8, 4) is 11.1 Å². The normalized spacial score (nSPS) is 16.8. The highest BCUT2D eigenvalue weighted by atomic mass is 35.5. The van der Waals surface area contributed by atoms with Crippen LogP contribution in [0.5, 0.6) is 0 Å². The van der Waals surface area contributed by atoms with Crippen LogP contribution in [0.4, 0.5) is 0 Å². The van der Waals surface area contributed by atoms with Crippen molar-refractivity contribution >= 4 is 28.3 Å². The number of carbonyl (C=O) groups excluding carboxylic acids is 1. The van der Waals surface area contributed by atoms with Crippen molar-refractivity contribution in [1.29, 1.82) is 0 Å². The van der Waals surface area contributed by atoms with Crippen molar-refractivity contribution in [2.24, 2.45) is 0 Å². The van der Waals surface area contributed by atoms with E-state index < -0.39 is 0 Å². The maximum Gasteiger partial charge on any atom is 0.247 e. The Kier molecular flexibility index (Phi) is 6.18. The summed E-state index contributed by atoms with van der Waals surface area (Å²) in [4.78, 5) is 35.8. The second-order valence-electron chi connectivity index (χ2n) is 8.71. The third-order valence-corrected chi connectivity index (χ3v) is 6.66. The maximum absolute atomic E-state index is 13.1. The zero-order valence-electron chi connectivity index (χ0n) is 18.9. The number of fused-ring (bicyclic) bond motifs is 1. The van der Waals surface area contributed by atoms with Crippen molar-refractivity contribution in [2.45, 2.75) is 26.1 Å². The average Bonchev–Trinajstić information content (AvgIpc) is 2.85. The van der Waals surface area contributed by atoms with E-state index in [9.17, 15) is 9.59 Å². The molecular weight excluding hydrogens is 448 g/mol. The van der Waals surface area contributed by atoms with Gasteiger partial charge in [-0.15, -0.1) is 0 Å². The maximum atomic E-state index is 13.1. The third-order valence-electron chi connectivity index (χ3n) is 6.42. The Bertz CT molecular complexity index is 1380. The number of nitrogens with one attached hydrogen (secondary N) is 1. The first kappa shape index (κ1) is 22.3. The summed E-state index contributed by atoms with van der Waals surface area (Å²) in [5.41, 5.74) is 3.88. The summed E-state index contributed by atoms with van der Waals surface area (Å²) in [7, 11) is 0. The van der Waals surface area contributed by atoms with Gasteiger partial charge in [0.15, 0.2) is 0 Å². The van der Waals surface area contributed by atoms with E-state index in [1.54, 1.807) is 12.3 Å². The highest BCUT2D eigenvalue weighted by molar-refractivity contribution is 6.31. The number of hydrogen-bond acceptors (Lipinski definition) is 4. The lowest BCUT2D eigenvalue weighted by Gasteiger charge is -2.39. The number of H-pyrrole nitrogens is 1. The molecule has 1 aliphatic rings. The fourth-order valence-electron chi connectivity index (χ4n) is 4.41. The second kappa shape index (κ2) is 9.41. The molecule has 1 saturated heterocycles. The predicted molar refractivity (Wildman–Crippen MR) is 135 cm³/mol. The third kappa shape index (κ3) is 4.74. The lowest BCUT2D eigenvalue weighted by atomic mass is 10.0. The van der Waals surface area contributed by atoms with Gasteiger partial charge in [0, 0.05) is 55.0 Å². The summed E-state index contributed by atoms with van der Waals surface area (Å²) >= 11 is 6.07. The molecule has 1 aliphatic heterocycles. The fourth-order valence-corrected chi connectivity index (χ4v) is 4.59. The van der Waals surface area contributed by atoms with E-state index in [2.05, 4.69) is 20.9 Å². The van der Waals surface area contributed by atoms with Gasteiger partial charge in [0.1, 0.15) is 0 Å². The monoisotopic (exact) mass is 472 g/mol. The number of pyridine rings is 2. The molecule has 0 bridgehead atoms. The molecule has 0 saturated carbocycles. The average molecular weight is 473 g/mol. The van der Waals surface area contributed by atoms with Crippen LogP contribution in [0, 0.1) is 0 Å². The Hall–Kier alpha value is -3.48. The van der Waals surface area contributed by atoms with Crippen LogP contribution >= 0.6 is 11.6 Å². The van der Waals surface area contributed by atoms with Gasteiger partial charge < -0.3 is 9.88 Å². The van der Waals surface area contributed by atoms with Gasteiger partial charge in [0.25, 0.3) is 0 Å². The topological polar surface area (TPSA) is 69.3 Å². The number of rotatable bonds is 5. The first-order valence-electron chi connectivity index (χ1n) is 11.3. The molecule has 7 heteroatoms. The van der Waals surface area contributed by atoms with Crippen LogP contribution in [0.1, 0.15) is 18.2 Å². The largest absolute Gasteiger partial charge is 0.336 e. The van der Waals surface area contributed by atoms with Crippen molar-refractivity contribution in [1.82, 2.24) is 19.8 Å². The molecule has 0 spiro atoms.